The van der Waals surface area contributed by atoms with Crippen molar-refractivity contribution < 1.29 is 4.79 Å². The summed E-state index contributed by atoms with van der Waals surface area (Å²) in [7, 11) is 0. The number of nitrogens with one attached hydrogen (secondary N) is 3. The lowest BCUT2D eigenvalue weighted by Crippen LogP contribution is -2.55. The van der Waals surface area contributed by atoms with E-state index in [0.717, 1.165) is 36.1 Å². The number of carbonyl (C=O) groups excluding carboxylic acids is 1. The number of hydrogen-bond acceptors (Lipinski definition) is 8. The number of nitrogens with zero attached hydrogens (tertiary/aromatic N) is 5. The predicted octanol–water partition coefficient (Wildman–Crippen LogP) is 2.91. The Hall–Kier alpha value is -3.71. The lowest BCUT2D eigenvalue weighted by atomic mass is 9.81. The summed E-state index contributed by atoms with van der Waals surface area (Å²) in [5.41, 5.74) is 6.35. The first-order chi connectivity index (χ1) is 16.1. The summed E-state index contributed by atoms with van der Waals surface area (Å²) in [4.78, 5) is 23.2. The number of nitrogens with two attached hydrogens (primary N) is 1. The van der Waals surface area contributed by atoms with Crippen LogP contribution in [-0.4, -0.2) is 55.6 Å². The Labute approximate surface area is 191 Å². The molecule has 0 spiro atoms. The van der Waals surface area contributed by atoms with E-state index in [1.54, 1.807) is 12.3 Å². The molecule has 2 aliphatic heterocycles. The molecular formula is C23H27N9O. The fraction of sp³-hybridized carbons (Fsp3) is 0.435. The number of primary amides is 1. The molecule has 5 rings (SSSR count). The van der Waals surface area contributed by atoms with Gasteiger partial charge in [-0.15, -0.1) is 0 Å². The van der Waals surface area contributed by atoms with Crippen LogP contribution < -0.4 is 16.4 Å². The summed E-state index contributed by atoms with van der Waals surface area (Å²) in [5, 5.41) is 23.5. The van der Waals surface area contributed by atoms with Gasteiger partial charge in [-0.05, 0) is 37.8 Å². The molecule has 5 N–H and O–H groups in total. The van der Waals surface area contributed by atoms with Crippen LogP contribution in [0.5, 0.6) is 0 Å². The van der Waals surface area contributed by atoms with E-state index in [1.165, 1.54) is 19.3 Å². The summed E-state index contributed by atoms with van der Waals surface area (Å²) in [5.74, 6) is 1.25. The number of anilines is 3. The molecule has 0 radical (unpaired) electrons. The number of piperidine rings is 2. The van der Waals surface area contributed by atoms with Crippen molar-refractivity contribution in [2.24, 2.45) is 5.73 Å². The van der Waals surface area contributed by atoms with Gasteiger partial charge in [-0.3, -0.25) is 19.8 Å². The zero-order chi connectivity index (χ0) is 22.8. The number of pyridine rings is 2. The average molecular weight is 446 g/mol. The van der Waals surface area contributed by atoms with Gasteiger partial charge in [0.15, 0.2) is 5.82 Å². The zero-order valence-corrected chi connectivity index (χ0v) is 18.3. The Balaban J connectivity index is 1.38. The molecule has 2 saturated heterocycles. The van der Waals surface area contributed by atoms with Crippen LogP contribution in [0.1, 0.15) is 49.0 Å². The van der Waals surface area contributed by atoms with Gasteiger partial charge >= 0.3 is 0 Å². The lowest BCUT2D eigenvalue weighted by Gasteiger charge is -2.49. The van der Waals surface area contributed by atoms with E-state index in [-0.39, 0.29) is 5.69 Å². The number of nitriles is 1. The van der Waals surface area contributed by atoms with Gasteiger partial charge in [0.25, 0.3) is 5.91 Å². The minimum Gasteiger partial charge on any atom is -0.367 e. The molecule has 170 valence electrons. The molecular weight excluding hydrogens is 418 g/mol. The Bertz CT molecular complexity index is 1190. The molecule has 1 amide bonds. The highest BCUT2D eigenvalue weighted by molar-refractivity contribution is 5.93. The van der Waals surface area contributed by atoms with Gasteiger partial charge in [0.2, 0.25) is 0 Å². The number of hydrogen-bond donors (Lipinski definition) is 4. The third-order valence-electron chi connectivity index (χ3n) is 6.65. The quantitative estimate of drug-likeness (QED) is 0.434. The van der Waals surface area contributed by atoms with Crippen molar-refractivity contribution in [2.45, 2.75) is 56.7 Å². The molecule has 3 aromatic rings. The van der Waals surface area contributed by atoms with Crippen LogP contribution in [0.2, 0.25) is 0 Å². The van der Waals surface area contributed by atoms with E-state index in [1.807, 2.05) is 18.2 Å². The summed E-state index contributed by atoms with van der Waals surface area (Å²) < 4.78 is 0. The maximum Gasteiger partial charge on any atom is 0.266 e. The van der Waals surface area contributed by atoms with Crippen molar-refractivity contribution >= 4 is 34.3 Å². The molecule has 2 fully saturated rings. The molecule has 10 nitrogen and oxygen atoms in total. The maximum atomic E-state index is 11.3. The minimum atomic E-state index is -0.572. The maximum absolute atomic E-state index is 11.3. The minimum absolute atomic E-state index is 0.226. The topological polar surface area (TPSA) is 149 Å². The van der Waals surface area contributed by atoms with Gasteiger partial charge in [-0.1, -0.05) is 6.42 Å². The SMILES string of the molecule is N#CCCN1C2CCCC1CC(Nc1nc(Nc3cc(C(N)=O)[nH]n3)cc3ncccc13)C2. The summed E-state index contributed by atoms with van der Waals surface area (Å²) in [6.07, 6.45) is 8.02. The first-order valence-corrected chi connectivity index (χ1v) is 11.4. The summed E-state index contributed by atoms with van der Waals surface area (Å²) in [6, 6.07) is 10.9. The van der Waals surface area contributed by atoms with Crippen molar-refractivity contribution in [1.82, 2.24) is 25.1 Å². The molecule has 0 aliphatic carbocycles. The second-order valence-corrected chi connectivity index (χ2v) is 8.78. The Morgan fingerprint density at radius 3 is 2.82 bits per heavy atom. The average Bonchev–Trinajstić information content (AvgIpc) is 3.26. The number of carbonyl (C=O) groups is 1. The fourth-order valence-electron chi connectivity index (χ4n) is 5.23. The third kappa shape index (κ3) is 4.45. The van der Waals surface area contributed by atoms with Crippen LogP contribution in [0, 0.1) is 11.3 Å². The molecule has 3 aromatic heterocycles. The highest BCUT2D eigenvalue weighted by atomic mass is 16.1. The standard InChI is InChI=1S/C23H27N9O/c24-7-3-9-32-15-4-1-5-16(32)11-14(10-15)27-23-17-6-2-8-26-18(17)12-20(29-23)28-21-13-19(22(25)33)30-31-21/h2,6,8,12-16H,1,3-5,9-11H2,(H2,25,33)(H3,27,28,29,30,31). The molecule has 2 aliphatic rings. The van der Waals surface area contributed by atoms with Gasteiger partial charge < -0.3 is 16.4 Å². The summed E-state index contributed by atoms with van der Waals surface area (Å²) in [6.45, 7) is 0.861. The van der Waals surface area contributed by atoms with Crippen molar-refractivity contribution in [1.29, 1.82) is 5.26 Å². The van der Waals surface area contributed by atoms with E-state index < -0.39 is 5.91 Å². The number of fused-ring (bicyclic) bond motifs is 3. The molecule has 2 bridgehead atoms. The highest BCUT2D eigenvalue weighted by Gasteiger charge is 2.38. The van der Waals surface area contributed by atoms with Crippen molar-refractivity contribution in [3.8, 4) is 6.07 Å². The molecule has 5 heterocycles. The van der Waals surface area contributed by atoms with Crippen LogP contribution in [0.15, 0.2) is 30.5 Å². The smallest absolute Gasteiger partial charge is 0.266 e. The van der Waals surface area contributed by atoms with E-state index >= 15 is 0 Å². The fourth-order valence-corrected chi connectivity index (χ4v) is 5.23. The van der Waals surface area contributed by atoms with Crippen molar-refractivity contribution in [3.63, 3.8) is 0 Å². The van der Waals surface area contributed by atoms with E-state index in [9.17, 15) is 4.79 Å². The number of amides is 1. The van der Waals surface area contributed by atoms with E-state index in [4.69, 9.17) is 16.0 Å². The van der Waals surface area contributed by atoms with Gasteiger partial charge in [0.1, 0.15) is 17.3 Å². The number of rotatable bonds is 7. The first kappa shape index (κ1) is 21.2. The van der Waals surface area contributed by atoms with Crippen LogP contribution >= 0.6 is 0 Å². The number of aromatic nitrogens is 4. The number of aromatic amines is 1. The summed E-state index contributed by atoms with van der Waals surface area (Å²) >= 11 is 0. The van der Waals surface area contributed by atoms with Gasteiger partial charge in [0, 0.05) is 54.8 Å². The first-order valence-electron chi connectivity index (χ1n) is 11.4. The monoisotopic (exact) mass is 445 g/mol. The number of H-pyrrole nitrogens is 1. The van der Waals surface area contributed by atoms with E-state index in [2.05, 4.69) is 36.8 Å². The van der Waals surface area contributed by atoms with Crippen LogP contribution in [0.25, 0.3) is 10.9 Å². The van der Waals surface area contributed by atoms with Crippen LogP contribution in [-0.2, 0) is 0 Å². The van der Waals surface area contributed by atoms with Crippen LogP contribution in [0.3, 0.4) is 0 Å². The normalized spacial score (nSPS) is 22.6. The van der Waals surface area contributed by atoms with Gasteiger partial charge in [-0.2, -0.15) is 10.4 Å². The zero-order valence-electron chi connectivity index (χ0n) is 18.3. The highest BCUT2D eigenvalue weighted by Crippen LogP contribution is 2.36. The van der Waals surface area contributed by atoms with Crippen molar-refractivity contribution in [2.75, 3.05) is 17.2 Å². The third-order valence-corrected chi connectivity index (χ3v) is 6.65. The molecule has 2 unspecified atom stereocenters. The largest absolute Gasteiger partial charge is 0.367 e. The lowest BCUT2D eigenvalue weighted by molar-refractivity contribution is 0.0370. The Morgan fingerprint density at radius 1 is 1.27 bits per heavy atom. The molecule has 33 heavy (non-hydrogen) atoms. The Morgan fingerprint density at radius 2 is 2.09 bits per heavy atom. The predicted molar refractivity (Wildman–Crippen MR) is 125 cm³/mol. The van der Waals surface area contributed by atoms with Gasteiger partial charge in [0.05, 0.1) is 11.6 Å². The second kappa shape index (κ2) is 9.03. The van der Waals surface area contributed by atoms with Crippen LogP contribution in [0.4, 0.5) is 17.5 Å². The van der Waals surface area contributed by atoms with Crippen molar-refractivity contribution in [3.05, 3.63) is 36.2 Å². The molecule has 0 aromatic carbocycles. The Kier molecular flexibility index (Phi) is 5.79. The molecule has 2 atom stereocenters. The molecule has 10 heteroatoms. The van der Waals surface area contributed by atoms with Gasteiger partial charge in [-0.25, -0.2) is 4.98 Å². The van der Waals surface area contributed by atoms with E-state index in [0.29, 0.717) is 36.2 Å². The second-order valence-electron chi connectivity index (χ2n) is 8.78. The molecule has 0 saturated carbocycles.